The first-order valence-corrected chi connectivity index (χ1v) is 7.83. The van der Waals surface area contributed by atoms with Gasteiger partial charge in [0.15, 0.2) is 27.7 Å². The van der Waals surface area contributed by atoms with E-state index in [4.69, 9.17) is 9.15 Å². The second-order valence-corrected chi connectivity index (χ2v) is 6.86. The van der Waals surface area contributed by atoms with Crippen molar-refractivity contribution in [2.24, 2.45) is 0 Å². The first-order valence-electron chi connectivity index (χ1n) is 7.02. The minimum absolute atomic E-state index is 0.212. The number of nitrogens with zero attached hydrogens (tertiary/aromatic N) is 3. The molecule has 3 aromatic heterocycles. The lowest BCUT2D eigenvalue weighted by atomic mass is 10.2. The SMILES string of the molecule is CC(C)(C)OC(=O)Nc1nc2ncc(-c3coc(C=O)c3)nc2s1. The maximum Gasteiger partial charge on any atom is 0.413 e. The van der Waals surface area contributed by atoms with Crippen molar-refractivity contribution >= 4 is 39.3 Å². The molecule has 124 valence electrons. The number of hydrogen-bond donors (Lipinski definition) is 1. The molecule has 0 saturated heterocycles. The largest absolute Gasteiger partial charge is 0.461 e. The lowest BCUT2D eigenvalue weighted by molar-refractivity contribution is 0.0636. The number of aldehydes is 1. The van der Waals surface area contributed by atoms with Gasteiger partial charge in [-0.25, -0.2) is 14.8 Å². The van der Waals surface area contributed by atoms with Gasteiger partial charge in [0.1, 0.15) is 11.9 Å². The van der Waals surface area contributed by atoms with Crippen LogP contribution in [0.4, 0.5) is 9.93 Å². The van der Waals surface area contributed by atoms with Crippen LogP contribution in [0.25, 0.3) is 21.7 Å². The van der Waals surface area contributed by atoms with Crippen LogP contribution in [-0.2, 0) is 4.74 Å². The van der Waals surface area contributed by atoms with Crippen LogP contribution in [0, 0.1) is 0 Å². The monoisotopic (exact) mass is 346 g/mol. The van der Waals surface area contributed by atoms with Gasteiger partial charge < -0.3 is 9.15 Å². The van der Waals surface area contributed by atoms with Crippen LogP contribution in [0.5, 0.6) is 0 Å². The van der Waals surface area contributed by atoms with Gasteiger partial charge in [0, 0.05) is 5.56 Å². The summed E-state index contributed by atoms with van der Waals surface area (Å²) in [6, 6.07) is 1.57. The standard InChI is InChI=1S/C15H14N4O4S/c1-15(2,3)23-14(21)19-13-18-11-12(24-13)17-10(5-16-11)8-4-9(6-20)22-7-8/h4-7H,1-3H3,(H,16,18,19,21). The fourth-order valence-corrected chi connectivity index (χ4v) is 2.64. The molecule has 3 heterocycles. The summed E-state index contributed by atoms with van der Waals surface area (Å²) in [5.74, 6) is 0.212. The number of aromatic nitrogens is 3. The zero-order chi connectivity index (χ0) is 17.3. The van der Waals surface area contributed by atoms with E-state index in [1.165, 1.54) is 23.8 Å². The van der Waals surface area contributed by atoms with Crippen molar-refractivity contribution in [1.82, 2.24) is 15.0 Å². The van der Waals surface area contributed by atoms with Gasteiger partial charge in [-0.2, -0.15) is 4.98 Å². The predicted molar refractivity (Wildman–Crippen MR) is 88.2 cm³/mol. The first kappa shape index (κ1) is 16.1. The zero-order valence-corrected chi connectivity index (χ0v) is 14.0. The van der Waals surface area contributed by atoms with E-state index in [0.717, 1.165) is 0 Å². The summed E-state index contributed by atoms with van der Waals surface area (Å²) < 4.78 is 10.2. The first-order chi connectivity index (χ1) is 11.3. The van der Waals surface area contributed by atoms with Crippen LogP contribution in [0.2, 0.25) is 0 Å². The van der Waals surface area contributed by atoms with Crippen LogP contribution in [0.3, 0.4) is 0 Å². The second-order valence-electron chi connectivity index (χ2n) is 5.89. The molecule has 0 fully saturated rings. The molecule has 0 aromatic carbocycles. The van der Waals surface area contributed by atoms with Gasteiger partial charge in [0.05, 0.1) is 11.9 Å². The average molecular weight is 346 g/mol. The summed E-state index contributed by atoms with van der Waals surface area (Å²) in [6.45, 7) is 5.33. The Morgan fingerprint density at radius 2 is 2.17 bits per heavy atom. The van der Waals surface area contributed by atoms with Crippen molar-refractivity contribution in [3.8, 4) is 11.3 Å². The van der Waals surface area contributed by atoms with Crippen LogP contribution in [0.1, 0.15) is 31.3 Å². The lowest BCUT2D eigenvalue weighted by Gasteiger charge is -2.18. The summed E-state index contributed by atoms with van der Waals surface area (Å²) in [4.78, 5) is 35.8. The Kier molecular flexibility index (Phi) is 4.02. The smallest absolute Gasteiger partial charge is 0.413 e. The highest BCUT2D eigenvalue weighted by atomic mass is 32.1. The molecule has 0 radical (unpaired) electrons. The molecule has 0 unspecified atom stereocenters. The number of anilines is 1. The zero-order valence-electron chi connectivity index (χ0n) is 13.2. The van der Waals surface area contributed by atoms with E-state index in [9.17, 15) is 9.59 Å². The normalized spacial score (nSPS) is 11.5. The topological polar surface area (TPSA) is 107 Å². The van der Waals surface area contributed by atoms with E-state index < -0.39 is 11.7 Å². The van der Waals surface area contributed by atoms with Crippen molar-refractivity contribution in [2.75, 3.05) is 5.32 Å². The fourth-order valence-electron chi connectivity index (χ4n) is 1.85. The molecule has 0 spiro atoms. The van der Waals surface area contributed by atoms with Gasteiger partial charge >= 0.3 is 6.09 Å². The van der Waals surface area contributed by atoms with Gasteiger partial charge in [-0.15, -0.1) is 0 Å². The number of furan rings is 1. The number of nitrogens with one attached hydrogen (secondary N) is 1. The Hall–Kier alpha value is -2.81. The Morgan fingerprint density at radius 1 is 1.38 bits per heavy atom. The number of ether oxygens (including phenoxy) is 1. The van der Waals surface area contributed by atoms with Crippen LogP contribution in [-0.4, -0.2) is 32.9 Å². The van der Waals surface area contributed by atoms with Crippen LogP contribution >= 0.6 is 11.3 Å². The maximum absolute atomic E-state index is 11.8. The predicted octanol–water partition coefficient (Wildman–Crippen LogP) is 3.51. The maximum atomic E-state index is 11.8. The van der Waals surface area contributed by atoms with Gasteiger partial charge in [0.25, 0.3) is 0 Å². The molecule has 8 nitrogen and oxygen atoms in total. The van der Waals surface area contributed by atoms with E-state index in [1.54, 1.807) is 26.8 Å². The third-order valence-corrected chi connectivity index (χ3v) is 3.62. The van der Waals surface area contributed by atoms with Crippen molar-refractivity contribution in [3.63, 3.8) is 0 Å². The molecule has 0 atom stereocenters. The van der Waals surface area contributed by atoms with E-state index in [0.29, 0.717) is 33.2 Å². The molecule has 24 heavy (non-hydrogen) atoms. The van der Waals surface area contributed by atoms with Crippen molar-refractivity contribution in [1.29, 1.82) is 0 Å². The Morgan fingerprint density at radius 3 is 2.83 bits per heavy atom. The molecule has 0 bridgehead atoms. The van der Waals surface area contributed by atoms with E-state index in [1.807, 2.05) is 0 Å². The van der Waals surface area contributed by atoms with Crippen molar-refractivity contribution < 1.29 is 18.7 Å². The Labute approximate surface area is 140 Å². The summed E-state index contributed by atoms with van der Waals surface area (Å²) >= 11 is 1.18. The highest BCUT2D eigenvalue weighted by molar-refractivity contribution is 7.21. The average Bonchev–Trinajstić information content (AvgIpc) is 3.09. The highest BCUT2D eigenvalue weighted by Gasteiger charge is 2.18. The number of rotatable bonds is 3. The number of thiazole rings is 1. The number of fused-ring (bicyclic) bond motifs is 1. The minimum atomic E-state index is -0.595. The Bertz CT molecular complexity index is 910. The summed E-state index contributed by atoms with van der Waals surface area (Å²) in [7, 11) is 0. The second kappa shape index (κ2) is 6.00. The van der Waals surface area contributed by atoms with E-state index in [2.05, 4.69) is 20.3 Å². The lowest BCUT2D eigenvalue weighted by Crippen LogP contribution is -2.27. The molecule has 3 aromatic rings. The molecular weight excluding hydrogens is 332 g/mol. The molecule has 3 rings (SSSR count). The molecule has 0 aliphatic carbocycles. The molecular formula is C15H14N4O4S. The molecule has 1 N–H and O–H groups in total. The molecule has 1 amide bonds. The number of carbonyl (C=O) groups is 2. The molecule has 9 heteroatoms. The van der Waals surface area contributed by atoms with Crippen LogP contribution in [0.15, 0.2) is 22.9 Å². The molecule has 0 saturated carbocycles. The van der Waals surface area contributed by atoms with Crippen molar-refractivity contribution in [2.45, 2.75) is 26.4 Å². The van der Waals surface area contributed by atoms with Gasteiger partial charge in [-0.1, -0.05) is 11.3 Å². The Balaban J connectivity index is 1.83. The highest BCUT2D eigenvalue weighted by Crippen LogP contribution is 2.27. The van der Waals surface area contributed by atoms with E-state index in [-0.39, 0.29) is 5.76 Å². The van der Waals surface area contributed by atoms with Gasteiger partial charge in [-0.05, 0) is 26.8 Å². The van der Waals surface area contributed by atoms with Crippen molar-refractivity contribution in [3.05, 3.63) is 24.3 Å². The molecule has 0 aliphatic rings. The third-order valence-electron chi connectivity index (χ3n) is 2.76. The number of carbonyl (C=O) groups excluding carboxylic acids is 2. The third kappa shape index (κ3) is 3.57. The number of hydrogen-bond acceptors (Lipinski definition) is 8. The molecule has 0 aliphatic heterocycles. The fraction of sp³-hybridized carbons (Fsp3) is 0.267. The summed E-state index contributed by atoms with van der Waals surface area (Å²) in [6.07, 6.45) is 2.98. The van der Waals surface area contributed by atoms with Gasteiger partial charge in [-0.3, -0.25) is 10.1 Å². The van der Waals surface area contributed by atoms with E-state index >= 15 is 0 Å². The minimum Gasteiger partial charge on any atom is -0.461 e. The summed E-state index contributed by atoms with van der Waals surface area (Å²) in [5.41, 5.74) is 1.00. The van der Waals surface area contributed by atoms with Gasteiger partial charge in [0.2, 0.25) is 0 Å². The summed E-state index contributed by atoms with van der Waals surface area (Å²) in [5, 5.41) is 2.91. The number of amides is 1. The van der Waals surface area contributed by atoms with Crippen LogP contribution < -0.4 is 5.32 Å². The quantitative estimate of drug-likeness (QED) is 0.723.